The van der Waals surface area contributed by atoms with Gasteiger partial charge in [0.15, 0.2) is 5.82 Å². The predicted molar refractivity (Wildman–Crippen MR) is 94.3 cm³/mol. The van der Waals surface area contributed by atoms with Gasteiger partial charge in [0.1, 0.15) is 0 Å². The molecule has 4 aromatic rings. The van der Waals surface area contributed by atoms with Gasteiger partial charge in [0.25, 0.3) is 5.56 Å². The molecule has 0 spiro atoms. The molecule has 0 unspecified atom stereocenters. The van der Waals surface area contributed by atoms with Gasteiger partial charge in [-0.2, -0.15) is 5.10 Å². The second-order valence-electron chi connectivity index (χ2n) is 5.56. The third-order valence-corrected chi connectivity index (χ3v) is 4.14. The van der Waals surface area contributed by atoms with E-state index < -0.39 is 0 Å². The van der Waals surface area contributed by atoms with Gasteiger partial charge in [0.2, 0.25) is 0 Å². The molecular formula is C19H16N4O. The topological polar surface area (TPSA) is 63.6 Å². The van der Waals surface area contributed by atoms with Gasteiger partial charge >= 0.3 is 0 Å². The lowest BCUT2D eigenvalue weighted by atomic mass is 10.1. The monoisotopic (exact) mass is 316 g/mol. The zero-order valence-corrected chi connectivity index (χ0v) is 13.2. The number of benzene rings is 1. The minimum absolute atomic E-state index is 0.151. The Morgan fingerprint density at radius 2 is 1.92 bits per heavy atom. The van der Waals surface area contributed by atoms with Crippen LogP contribution in [0.15, 0.2) is 65.8 Å². The number of H-pyrrole nitrogens is 1. The lowest BCUT2D eigenvalue weighted by Gasteiger charge is -2.09. The van der Waals surface area contributed by atoms with Crippen LogP contribution in [0.2, 0.25) is 0 Å². The molecule has 5 nitrogen and oxygen atoms in total. The summed E-state index contributed by atoms with van der Waals surface area (Å²) in [6, 6.07) is 13.6. The summed E-state index contributed by atoms with van der Waals surface area (Å²) >= 11 is 0. The van der Waals surface area contributed by atoms with Crippen molar-refractivity contribution < 1.29 is 0 Å². The number of hydrogen-bond acceptors (Lipinski definition) is 3. The largest absolute Gasteiger partial charge is 0.329 e. The van der Waals surface area contributed by atoms with E-state index in [1.807, 2.05) is 36.7 Å². The Morgan fingerprint density at radius 3 is 2.71 bits per heavy atom. The molecule has 0 aliphatic heterocycles. The molecule has 1 aromatic carbocycles. The van der Waals surface area contributed by atoms with Crippen LogP contribution in [0.5, 0.6) is 0 Å². The van der Waals surface area contributed by atoms with Gasteiger partial charge in [-0.15, -0.1) is 0 Å². The maximum atomic E-state index is 11.9. The van der Waals surface area contributed by atoms with Crippen molar-refractivity contribution >= 4 is 10.8 Å². The molecule has 118 valence electrons. The summed E-state index contributed by atoms with van der Waals surface area (Å²) < 4.78 is 1.73. The molecule has 0 aliphatic carbocycles. The van der Waals surface area contributed by atoms with Crippen LogP contribution >= 0.6 is 0 Å². The van der Waals surface area contributed by atoms with Gasteiger partial charge in [-0.25, -0.2) is 9.67 Å². The van der Waals surface area contributed by atoms with Gasteiger partial charge in [0.05, 0.1) is 11.3 Å². The normalized spacial score (nSPS) is 11.0. The summed E-state index contributed by atoms with van der Waals surface area (Å²) in [5.74, 6) is 0.765. The zero-order chi connectivity index (χ0) is 16.5. The molecule has 1 N–H and O–H groups in total. The van der Waals surface area contributed by atoms with E-state index >= 15 is 0 Å². The maximum Gasteiger partial charge on any atom is 0.257 e. The molecule has 24 heavy (non-hydrogen) atoms. The van der Waals surface area contributed by atoms with Crippen LogP contribution in [0, 0.1) is 0 Å². The van der Waals surface area contributed by atoms with Crippen molar-refractivity contribution in [3.63, 3.8) is 0 Å². The number of nitrogens with one attached hydrogen (secondary N) is 1. The van der Waals surface area contributed by atoms with Gasteiger partial charge in [-0.05, 0) is 35.6 Å². The molecule has 0 fully saturated rings. The molecule has 3 aromatic heterocycles. The Bertz CT molecular complexity index is 1080. The number of pyridine rings is 2. The Balaban J connectivity index is 1.88. The van der Waals surface area contributed by atoms with Crippen LogP contribution in [0.4, 0.5) is 0 Å². The number of aryl methyl sites for hydroxylation is 1. The fourth-order valence-corrected chi connectivity index (χ4v) is 2.91. The summed E-state index contributed by atoms with van der Waals surface area (Å²) in [6.07, 6.45) is 6.27. The van der Waals surface area contributed by atoms with Crippen molar-refractivity contribution in [3.05, 3.63) is 77.0 Å². The van der Waals surface area contributed by atoms with E-state index in [1.54, 1.807) is 23.0 Å². The highest BCUT2D eigenvalue weighted by molar-refractivity contribution is 5.91. The Labute approximate surface area is 138 Å². The Morgan fingerprint density at radius 1 is 1.08 bits per heavy atom. The average Bonchev–Trinajstić information content (AvgIpc) is 3.10. The first-order valence-electron chi connectivity index (χ1n) is 7.88. The third kappa shape index (κ3) is 2.31. The van der Waals surface area contributed by atoms with Crippen LogP contribution in [-0.2, 0) is 6.42 Å². The van der Waals surface area contributed by atoms with Crippen LogP contribution in [0.1, 0.15) is 12.5 Å². The van der Waals surface area contributed by atoms with Crippen molar-refractivity contribution in [2.24, 2.45) is 0 Å². The average molecular weight is 316 g/mol. The number of hydrogen-bond donors (Lipinski definition) is 1. The summed E-state index contributed by atoms with van der Waals surface area (Å²) in [5.41, 5.74) is 2.23. The van der Waals surface area contributed by atoms with E-state index in [0.717, 1.165) is 17.6 Å². The van der Waals surface area contributed by atoms with Crippen molar-refractivity contribution in [2.45, 2.75) is 13.3 Å². The van der Waals surface area contributed by atoms with Crippen LogP contribution in [-0.4, -0.2) is 19.7 Å². The Hall–Kier alpha value is -3.21. The molecule has 3 heterocycles. The number of nitrogens with zero attached hydrogens (tertiary/aromatic N) is 3. The van der Waals surface area contributed by atoms with Crippen LogP contribution in [0.25, 0.3) is 27.8 Å². The minimum Gasteiger partial charge on any atom is -0.329 e. The molecule has 0 aliphatic rings. The molecule has 0 atom stereocenters. The highest BCUT2D eigenvalue weighted by atomic mass is 16.1. The van der Waals surface area contributed by atoms with Gasteiger partial charge < -0.3 is 4.98 Å². The summed E-state index contributed by atoms with van der Waals surface area (Å²) in [4.78, 5) is 19.2. The smallest absolute Gasteiger partial charge is 0.257 e. The lowest BCUT2D eigenvalue weighted by Crippen LogP contribution is -2.08. The highest BCUT2D eigenvalue weighted by Crippen LogP contribution is 2.24. The SMILES string of the molecule is CCc1cnc(-n2ccc(-c3ccc[nH]c3=O)n2)c2ccccc12. The third-order valence-electron chi connectivity index (χ3n) is 4.14. The van der Waals surface area contributed by atoms with E-state index in [1.165, 1.54) is 10.9 Å². The van der Waals surface area contributed by atoms with Gasteiger partial charge in [-0.3, -0.25) is 4.79 Å². The fraction of sp³-hybridized carbons (Fsp3) is 0.105. The molecule has 0 bridgehead atoms. The van der Waals surface area contributed by atoms with E-state index in [2.05, 4.69) is 28.1 Å². The molecule has 4 rings (SSSR count). The maximum absolute atomic E-state index is 11.9. The predicted octanol–water partition coefficient (Wildman–Crippen LogP) is 3.34. The fourth-order valence-electron chi connectivity index (χ4n) is 2.91. The Kier molecular flexibility index (Phi) is 3.46. The quantitative estimate of drug-likeness (QED) is 0.630. The second kappa shape index (κ2) is 5.77. The number of fused-ring (bicyclic) bond motifs is 1. The van der Waals surface area contributed by atoms with Crippen molar-refractivity contribution in [1.82, 2.24) is 19.7 Å². The molecule has 0 saturated heterocycles. The second-order valence-corrected chi connectivity index (χ2v) is 5.56. The van der Waals surface area contributed by atoms with E-state index in [9.17, 15) is 4.79 Å². The van der Waals surface area contributed by atoms with Crippen LogP contribution < -0.4 is 5.56 Å². The zero-order valence-electron chi connectivity index (χ0n) is 13.2. The van der Waals surface area contributed by atoms with Crippen molar-refractivity contribution in [2.75, 3.05) is 0 Å². The molecule has 0 saturated carbocycles. The van der Waals surface area contributed by atoms with Crippen LogP contribution in [0.3, 0.4) is 0 Å². The number of aromatic nitrogens is 4. The number of aromatic amines is 1. The van der Waals surface area contributed by atoms with E-state index in [0.29, 0.717) is 11.3 Å². The first-order chi connectivity index (χ1) is 11.8. The first-order valence-corrected chi connectivity index (χ1v) is 7.88. The summed E-state index contributed by atoms with van der Waals surface area (Å²) in [6.45, 7) is 2.12. The first kappa shape index (κ1) is 14.4. The van der Waals surface area contributed by atoms with E-state index in [-0.39, 0.29) is 5.56 Å². The van der Waals surface area contributed by atoms with Gasteiger partial charge in [-0.1, -0.05) is 31.2 Å². The summed E-state index contributed by atoms with van der Waals surface area (Å²) in [7, 11) is 0. The molecular weight excluding hydrogens is 300 g/mol. The highest BCUT2D eigenvalue weighted by Gasteiger charge is 2.11. The lowest BCUT2D eigenvalue weighted by molar-refractivity contribution is 0.856. The van der Waals surface area contributed by atoms with E-state index in [4.69, 9.17) is 0 Å². The van der Waals surface area contributed by atoms with Crippen molar-refractivity contribution in [3.8, 4) is 17.1 Å². The summed E-state index contributed by atoms with van der Waals surface area (Å²) in [5, 5.41) is 6.78. The van der Waals surface area contributed by atoms with Crippen molar-refractivity contribution in [1.29, 1.82) is 0 Å². The van der Waals surface area contributed by atoms with Gasteiger partial charge in [0, 0.05) is 24.0 Å². The minimum atomic E-state index is -0.151. The molecule has 0 radical (unpaired) electrons. The molecule has 5 heteroatoms. The standard InChI is InChI=1S/C19H16N4O/c1-2-13-12-21-18(15-7-4-3-6-14(13)15)23-11-9-17(22-23)16-8-5-10-20-19(16)24/h3-12H,2H2,1H3,(H,20,24). The number of rotatable bonds is 3. The molecule has 0 amide bonds.